The Morgan fingerprint density at radius 1 is 1.15 bits per heavy atom. The third-order valence-corrected chi connectivity index (χ3v) is 4.69. The first-order valence-corrected chi connectivity index (χ1v) is 9.32. The molecule has 6 nitrogen and oxygen atoms in total. The zero-order chi connectivity index (χ0) is 19.2. The average Bonchev–Trinajstić information content (AvgIpc) is 3.15. The molecule has 0 bridgehead atoms. The fraction of sp³-hybridized carbons (Fsp3) is 0.263. The van der Waals surface area contributed by atoms with Gasteiger partial charge in [0.25, 0.3) is 5.91 Å². The Morgan fingerprint density at radius 3 is 2.63 bits per heavy atom. The second-order valence-corrected chi connectivity index (χ2v) is 7.13. The highest BCUT2D eigenvalue weighted by atomic mass is 32.1. The lowest BCUT2D eigenvalue weighted by Gasteiger charge is -2.24. The van der Waals surface area contributed by atoms with Crippen LogP contribution in [-0.4, -0.2) is 57.8 Å². The maximum absolute atomic E-state index is 13.5. The minimum absolute atomic E-state index is 0.195. The maximum Gasteiger partial charge on any atom is 0.273 e. The Kier molecular flexibility index (Phi) is 6.20. The van der Waals surface area contributed by atoms with Gasteiger partial charge < -0.3 is 9.80 Å². The molecule has 0 N–H and O–H groups in total. The first kappa shape index (κ1) is 19.1. The van der Waals surface area contributed by atoms with Gasteiger partial charge >= 0.3 is 0 Å². The topological polar surface area (TPSA) is 62.2 Å². The lowest BCUT2D eigenvalue weighted by molar-refractivity contribution is 0.0726. The smallest absolute Gasteiger partial charge is 0.273 e. The van der Waals surface area contributed by atoms with Crippen LogP contribution in [0.1, 0.15) is 16.1 Å². The number of aromatic nitrogens is 3. The van der Waals surface area contributed by atoms with E-state index in [-0.39, 0.29) is 11.7 Å². The van der Waals surface area contributed by atoms with E-state index < -0.39 is 0 Å². The molecule has 0 saturated carbocycles. The summed E-state index contributed by atoms with van der Waals surface area (Å²) in [6.07, 6.45) is 3.27. The Balaban J connectivity index is 1.80. The molecule has 2 heterocycles. The van der Waals surface area contributed by atoms with E-state index >= 15 is 0 Å². The van der Waals surface area contributed by atoms with Crippen molar-refractivity contribution in [1.29, 1.82) is 0 Å². The molecule has 3 rings (SSSR count). The second-order valence-electron chi connectivity index (χ2n) is 6.27. The van der Waals surface area contributed by atoms with Crippen molar-refractivity contribution >= 4 is 17.2 Å². The lowest BCUT2D eigenvalue weighted by atomic mass is 10.2. The van der Waals surface area contributed by atoms with Crippen molar-refractivity contribution in [3.8, 4) is 10.8 Å². The van der Waals surface area contributed by atoms with E-state index in [1.165, 1.54) is 23.5 Å². The van der Waals surface area contributed by atoms with Crippen LogP contribution >= 0.6 is 11.3 Å². The highest BCUT2D eigenvalue weighted by Gasteiger charge is 2.20. The molecular weight excluding hydrogens is 365 g/mol. The molecule has 27 heavy (non-hydrogen) atoms. The van der Waals surface area contributed by atoms with E-state index in [1.807, 2.05) is 25.1 Å². The van der Waals surface area contributed by atoms with Gasteiger partial charge in [0.1, 0.15) is 11.5 Å². The number of hydrogen-bond donors (Lipinski definition) is 0. The lowest BCUT2D eigenvalue weighted by Crippen LogP contribution is -2.36. The molecule has 8 heteroatoms. The maximum atomic E-state index is 13.5. The molecule has 140 valence electrons. The van der Waals surface area contributed by atoms with Gasteiger partial charge in [-0.25, -0.2) is 19.3 Å². The molecule has 0 atom stereocenters. The number of hydrogen-bond acceptors (Lipinski definition) is 6. The Hall–Kier alpha value is -2.71. The van der Waals surface area contributed by atoms with Crippen LogP contribution in [0.4, 0.5) is 4.39 Å². The van der Waals surface area contributed by atoms with Crippen LogP contribution in [0.15, 0.2) is 48.1 Å². The zero-order valence-corrected chi connectivity index (χ0v) is 16.0. The number of amides is 1. The number of rotatable bonds is 7. The van der Waals surface area contributed by atoms with Crippen molar-refractivity contribution in [3.05, 3.63) is 65.2 Å². The number of benzene rings is 1. The summed E-state index contributed by atoms with van der Waals surface area (Å²) in [6, 6.07) is 8.02. The van der Waals surface area contributed by atoms with Crippen molar-refractivity contribution in [1.82, 2.24) is 24.8 Å². The predicted molar refractivity (Wildman–Crippen MR) is 103 cm³/mol. The van der Waals surface area contributed by atoms with E-state index in [4.69, 9.17) is 0 Å². The fourth-order valence-electron chi connectivity index (χ4n) is 2.48. The van der Waals surface area contributed by atoms with Crippen LogP contribution in [0.5, 0.6) is 0 Å². The molecule has 0 aliphatic heterocycles. The van der Waals surface area contributed by atoms with Crippen LogP contribution in [0.25, 0.3) is 10.8 Å². The van der Waals surface area contributed by atoms with Crippen LogP contribution in [0.3, 0.4) is 0 Å². The third-order valence-electron chi connectivity index (χ3n) is 3.85. The molecular formula is C19H20FN5OS. The standard InChI is InChI=1S/C19H20FN5OS/c1-24(2)9-10-25(12-14-5-3-6-15(20)11-14)19(26)16-13-27-18(23-16)17-21-7-4-8-22-17/h3-8,11,13H,9-10,12H2,1-2H3. The van der Waals surface area contributed by atoms with Crippen LogP contribution in [0, 0.1) is 5.82 Å². The van der Waals surface area contributed by atoms with Gasteiger partial charge in [0.2, 0.25) is 0 Å². The summed E-state index contributed by atoms with van der Waals surface area (Å²) in [5.74, 6) is -0.0178. The van der Waals surface area contributed by atoms with E-state index in [0.717, 1.165) is 5.56 Å². The molecule has 2 aromatic heterocycles. The van der Waals surface area contributed by atoms with Crippen molar-refractivity contribution in [2.24, 2.45) is 0 Å². The Labute approximate surface area is 161 Å². The third kappa shape index (κ3) is 5.15. The summed E-state index contributed by atoms with van der Waals surface area (Å²) in [4.78, 5) is 29.4. The molecule has 0 aliphatic rings. The van der Waals surface area contributed by atoms with E-state index in [9.17, 15) is 9.18 Å². The van der Waals surface area contributed by atoms with Gasteiger partial charge in [0.05, 0.1) is 0 Å². The summed E-state index contributed by atoms with van der Waals surface area (Å²) in [5.41, 5.74) is 1.08. The molecule has 1 aromatic carbocycles. The molecule has 0 aliphatic carbocycles. The fourth-order valence-corrected chi connectivity index (χ4v) is 3.21. The average molecular weight is 385 g/mol. The molecule has 0 unspecified atom stereocenters. The predicted octanol–water partition coefficient (Wildman–Crippen LogP) is 2.94. The number of likely N-dealkylation sites (N-methyl/N-ethyl adjacent to an activating group) is 1. The van der Waals surface area contributed by atoms with E-state index in [2.05, 4.69) is 15.0 Å². The van der Waals surface area contributed by atoms with Gasteiger partial charge in [-0.15, -0.1) is 11.3 Å². The van der Waals surface area contributed by atoms with Gasteiger partial charge in [-0.05, 0) is 37.9 Å². The summed E-state index contributed by atoms with van der Waals surface area (Å²) < 4.78 is 13.5. The normalized spacial score (nSPS) is 11.0. The number of carbonyl (C=O) groups excluding carboxylic acids is 1. The molecule has 0 fully saturated rings. The second kappa shape index (κ2) is 8.79. The first-order valence-electron chi connectivity index (χ1n) is 8.44. The minimum Gasteiger partial charge on any atom is -0.332 e. The van der Waals surface area contributed by atoms with Gasteiger partial charge in [0.15, 0.2) is 10.8 Å². The summed E-state index contributed by atoms with van der Waals surface area (Å²) in [7, 11) is 3.89. The number of carbonyl (C=O) groups is 1. The SMILES string of the molecule is CN(C)CCN(Cc1cccc(F)c1)C(=O)c1csc(-c2ncccn2)n1. The van der Waals surface area contributed by atoms with Crippen molar-refractivity contribution < 1.29 is 9.18 Å². The molecule has 0 spiro atoms. The number of nitrogens with zero attached hydrogens (tertiary/aromatic N) is 5. The molecule has 0 radical (unpaired) electrons. The molecule has 3 aromatic rings. The quantitative estimate of drug-likeness (QED) is 0.626. The minimum atomic E-state index is -0.315. The number of halogens is 1. The monoisotopic (exact) mass is 385 g/mol. The molecule has 1 amide bonds. The summed E-state index contributed by atoms with van der Waals surface area (Å²) in [5, 5.41) is 2.31. The van der Waals surface area contributed by atoms with Crippen molar-refractivity contribution in [2.45, 2.75) is 6.54 Å². The van der Waals surface area contributed by atoms with Gasteiger partial charge in [-0.3, -0.25) is 4.79 Å². The van der Waals surface area contributed by atoms with Gasteiger partial charge in [0, 0.05) is 37.4 Å². The van der Waals surface area contributed by atoms with Crippen molar-refractivity contribution in [3.63, 3.8) is 0 Å². The highest BCUT2D eigenvalue weighted by Crippen LogP contribution is 2.21. The zero-order valence-electron chi connectivity index (χ0n) is 15.2. The summed E-state index contributed by atoms with van der Waals surface area (Å²) >= 11 is 1.33. The molecule has 0 saturated heterocycles. The van der Waals surface area contributed by atoms with Crippen molar-refractivity contribution in [2.75, 3.05) is 27.2 Å². The Bertz CT molecular complexity index is 900. The van der Waals surface area contributed by atoms with Crippen LogP contribution < -0.4 is 0 Å². The van der Waals surface area contributed by atoms with Gasteiger partial charge in [-0.2, -0.15) is 0 Å². The van der Waals surface area contributed by atoms with E-state index in [1.54, 1.807) is 34.8 Å². The Morgan fingerprint density at radius 2 is 1.93 bits per heavy atom. The van der Waals surface area contributed by atoms with E-state index in [0.29, 0.717) is 36.2 Å². The largest absolute Gasteiger partial charge is 0.332 e. The summed E-state index contributed by atoms with van der Waals surface area (Å²) in [6.45, 7) is 1.52. The first-order chi connectivity index (χ1) is 13.0. The number of thiazole rings is 1. The van der Waals surface area contributed by atoms with Crippen LogP contribution in [0.2, 0.25) is 0 Å². The van der Waals surface area contributed by atoms with Crippen LogP contribution in [-0.2, 0) is 6.54 Å². The highest BCUT2D eigenvalue weighted by molar-refractivity contribution is 7.13. The van der Waals surface area contributed by atoms with Gasteiger partial charge in [-0.1, -0.05) is 12.1 Å².